The van der Waals surface area contributed by atoms with Crippen LogP contribution in [0, 0.1) is 5.82 Å². The summed E-state index contributed by atoms with van der Waals surface area (Å²) in [5.74, 6) is 1.09. The molecule has 2 aliphatic rings. The van der Waals surface area contributed by atoms with Crippen molar-refractivity contribution in [3.05, 3.63) is 75.6 Å². The molecule has 0 radical (unpaired) electrons. The van der Waals surface area contributed by atoms with Gasteiger partial charge in [0.15, 0.2) is 5.82 Å². The zero-order valence-corrected chi connectivity index (χ0v) is 21.2. The van der Waals surface area contributed by atoms with Gasteiger partial charge in [-0.25, -0.2) is 9.07 Å². The SMILES string of the molecule is COc1ccc2[nH]c(=O)c([C@@H](c3nnnn3C3CCCCC3)N3c4ccc(F)cc4CC[C@H]3C)cc2c1. The fourth-order valence-electron chi connectivity index (χ4n) is 6.05. The van der Waals surface area contributed by atoms with E-state index in [0.29, 0.717) is 17.1 Å². The molecule has 0 bridgehead atoms. The molecule has 37 heavy (non-hydrogen) atoms. The number of nitrogens with one attached hydrogen (secondary N) is 1. The summed E-state index contributed by atoms with van der Waals surface area (Å²) in [6.45, 7) is 2.15. The van der Waals surface area contributed by atoms with Crippen LogP contribution in [0.4, 0.5) is 10.1 Å². The molecular formula is C28H31FN6O2. The molecule has 0 amide bonds. The van der Waals surface area contributed by atoms with Crippen LogP contribution in [0.1, 0.15) is 74.5 Å². The third-order valence-electron chi connectivity index (χ3n) is 7.96. The van der Waals surface area contributed by atoms with Crippen LogP contribution in [-0.4, -0.2) is 38.3 Å². The third kappa shape index (κ3) is 4.26. The van der Waals surface area contributed by atoms with E-state index >= 15 is 0 Å². The largest absolute Gasteiger partial charge is 0.497 e. The Morgan fingerprint density at radius 2 is 1.92 bits per heavy atom. The van der Waals surface area contributed by atoms with Crippen molar-refractivity contribution in [3.63, 3.8) is 0 Å². The molecule has 1 N–H and O–H groups in total. The summed E-state index contributed by atoms with van der Waals surface area (Å²) in [5.41, 5.74) is 2.93. The van der Waals surface area contributed by atoms with Crippen molar-refractivity contribution in [2.45, 2.75) is 70.0 Å². The number of H-pyrrole nitrogens is 1. The van der Waals surface area contributed by atoms with Gasteiger partial charge in [-0.1, -0.05) is 19.3 Å². The molecule has 0 spiro atoms. The molecule has 1 saturated carbocycles. The molecule has 2 aromatic carbocycles. The molecule has 2 atom stereocenters. The van der Waals surface area contributed by atoms with Gasteiger partial charge in [-0.15, -0.1) is 5.10 Å². The second-order valence-electron chi connectivity index (χ2n) is 10.3. The number of hydrogen-bond acceptors (Lipinski definition) is 6. The molecule has 6 rings (SSSR count). The number of halogens is 1. The minimum Gasteiger partial charge on any atom is -0.497 e. The Bertz CT molecular complexity index is 1490. The zero-order valence-electron chi connectivity index (χ0n) is 21.2. The zero-order chi connectivity index (χ0) is 25.5. The molecule has 1 fully saturated rings. The van der Waals surface area contributed by atoms with E-state index in [0.717, 1.165) is 60.7 Å². The van der Waals surface area contributed by atoms with Crippen LogP contribution in [0.2, 0.25) is 0 Å². The Labute approximate surface area is 214 Å². The maximum absolute atomic E-state index is 14.2. The highest BCUT2D eigenvalue weighted by atomic mass is 19.1. The van der Waals surface area contributed by atoms with Gasteiger partial charge in [0.2, 0.25) is 0 Å². The maximum atomic E-state index is 14.2. The average molecular weight is 503 g/mol. The number of nitrogens with zero attached hydrogens (tertiary/aromatic N) is 5. The number of ether oxygens (including phenoxy) is 1. The summed E-state index contributed by atoms with van der Waals surface area (Å²) >= 11 is 0. The van der Waals surface area contributed by atoms with Crippen LogP contribution in [0.25, 0.3) is 10.9 Å². The van der Waals surface area contributed by atoms with E-state index in [-0.39, 0.29) is 23.5 Å². The summed E-state index contributed by atoms with van der Waals surface area (Å²) in [5, 5.41) is 13.9. The van der Waals surface area contributed by atoms with E-state index in [1.807, 2.05) is 35.0 Å². The predicted molar refractivity (Wildman–Crippen MR) is 140 cm³/mol. The van der Waals surface area contributed by atoms with Crippen LogP contribution in [0.3, 0.4) is 0 Å². The molecule has 9 heteroatoms. The Morgan fingerprint density at radius 1 is 1.08 bits per heavy atom. The molecule has 1 aliphatic heterocycles. The monoisotopic (exact) mass is 502 g/mol. The van der Waals surface area contributed by atoms with E-state index in [9.17, 15) is 9.18 Å². The normalized spacial score (nSPS) is 19.1. The lowest BCUT2D eigenvalue weighted by Crippen LogP contribution is -2.44. The second kappa shape index (κ2) is 9.61. The van der Waals surface area contributed by atoms with E-state index < -0.39 is 6.04 Å². The molecule has 0 saturated heterocycles. The Hall–Kier alpha value is -3.75. The summed E-state index contributed by atoms with van der Waals surface area (Å²) in [6, 6.07) is 12.2. The summed E-state index contributed by atoms with van der Waals surface area (Å²) < 4.78 is 21.6. The molecule has 1 aliphatic carbocycles. The molecule has 2 aromatic heterocycles. The second-order valence-corrected chi connectivity index (χ2v) is 10.3. The molecule has 3 heterocycles. The first-order valence-corrected chi connectivity index (χ1v) is 13.1. The highest BCUT2D eigenvalue weighted by molar-refractivity contribution is 5.81. The van der Waals surface area contributed by atoms with E-state index in [1.54, 1.807) is 13.2 Å². The Balaban J connectivity index is 1.58. The number of tetrazole rings is 1. The van der Waals surface area contributed by atoms with E-state index in [4.69, 9.17) is 4.74 Å². The first-order valence-electron chi connectivity index (χ1n) is 13.1. The maximum Gasteiger partial charge on any atom is 0.254 e. The van der Waals surface area contributed by atoms with E-state index in [1.165, 1.54) is 12.5 Å². The number of rotatable bonds is 5. The van der Waals surface area contributed by atoms with Gasteiger partial charge in [-0.05, 0) is 91.1 Å². The van der Waals surface area contributed by atoms with Gasteiger partial charge in [0.1, 0.15) is 17.6 Å². The van der Waals surface area contributed by atoms with Crippen LogP contribution in [-0.2, 0) is 6.42 Å². The number of aryl methyl sites for hydroxylation is 1. The number of benzene rings is 2. The van der Waals surface area contributed by atoms with Crippen molar-refractivity contribution < 1.29 is 9.13 Å². The lowest BCUT2D eigenvalue weighted by Gasteiger charge is -2.42. The molecular weight excluding hydrogens is 471 g/mol. The Morgan fingerprint density at radius 3 is 2.73 bits per heavy atom. The molecule has 0 unspecified atom stereocenters. The number of pyridine rings is 1. The molecule has 8 nitrogen and oxygen atoms in total. The van der Waals surface area contributed by atoms with Crippen molar-refractivity contribution in [2.75, 3.05) is 12.0 Å². The van der Waals surface area contributed by atoms with Gasteiger partial charge < -0.3 is 14.6 Å². The summed E-state index contributed by atoms with van der Waals surface area (Å²) in [6.07, 6.45) is 7.10. The van der Waals surface area contributed by atoms with Crippen molar-refractivity contribution in [1.29, 1.82) is 0 Å². The van der Waals surface area contributed by atoms with Crippen molar-refractivity contribution in [1.82, 2.24) is 25.2 Å². The molecule has 4 aromatic rings. The number of hydrogen-bond donors (Lipinski definition) is 1. The average Bonchev–Trinajstić information content (AvgIpc) is 3.40. The van der Waals surface area contributed by atoms with Gasteiger partial charge >= 0.3 is 0 Å². The quantitative estimate of drug-likeness (QED) is 0.409. The van der Waals surface area contributed by atoms with Crippen LogP contribution < -0.4 is 15.2 Å². The number of aromatic amines is 1. The van der Waals surface area contributed by atoms with Crippen molar-refractivity contribution >= 4 is 16.6 Å². The first-order chi connectivity index (χ1) is 18.0. The van der Waals surface area contributed by atoms with Gasteiger partial charge in [-0.2, -0.15) is 0 Å². The van der Waals surface area contributed by atoms with Gasteiger partial charge in [0.25, 0.3) is 5.56 Å². The minimum atomic E-state index is -0.546. The predicted octanol–water partition coefficient (Wildman–Crippen LogP) is 5.10. The first kappa shape index (κ1) is 23.6. The fourth-order valence-corrected chi connectivity index (χ4v) is 6.05. The van der Waals surface area contributed by atoms with Gasteiger partial charge in [0, 0.05) is 28.2 Å². The van der Waals surface area contributed by atoms with Gasteiger partial charge in [-0.3, -0.25) is 4.79 Å². The van der Waals surface area contributed by atoms with Crippen molar-refractivity contribution in [2.24, 2.45) is 0 Å². The Kier molecular flexibility index (Phi) is 6.14. The molecule has 192 valence electrons. The number of anilines is 1. The fraction of sp³-hybridized carbons (Fsp3) is 0.429. The third-order valence-corrected chi connectivity index (χ3v) is 7.96. The lowest BCUT2D eigenvalue weighted by molar-refractivity contribution is 0.311. The number of fused-ring (bicyclic) bond motifs is 2. The van der Waals surface area contributed by atoms with Crippen molar-refractivity contribution in [3.8, 4) is 5.75 Å². The topological polar surface area (TPSA) is 88.9 Å². The minimum absolute atomic E-state index is 0.0832. The standard InChI is InChI=1S/C28H31FN6O2/c1-17-8-9-18-14-20(29)10-13-25(18)34(17)26(27-31-32-33-35(27)21-6-4-3-5-7-21)23-16-19-15-22(37-2)11-12-24(19)30-28(23)36/h10-17,21,26H,3-9H2,1-2H3,(H,30,36)/t17-,26+/m1/s1. The highest BCUT2D eigenvalue weighted by Gasteiger charge is 2.37. The smallest absolute Gasteiger partial charge is 0.254 e. The summed E-state index contributed by atoms with van der Waals surface area (Å²) in [4.78, 5) is 18.9. The van der Waals surface area contributed by atoms with E-state index in [2.05, 4.69) is 32.3 Å². The van der Waals surface area contributed by atoms with Crippen LogP contribution >= 0.6 is 0 Å². The number of methoxy groups -OCH3 is 1. The van der Waals surface area contributed by atoms with Gasteiger partial charge in [0.05, 0.1) is 13.2 Å². The highest BCUT2D eigenvalue weighted by Crippen LogP contribution is 2.41. The summed E-state index contributed by atoms with van der Waals surface area (Å²) in [7, 11) is 1.63. The number of aromatic nitrogens is 5. The van der Waals surface area contributed by atoms with Crippen LogP contribution in [0.5, 0.6) is 5.75 Å². The lowest BCUT2D eigenvalue weighted by atomic mass is 9.91. The van der Waals surface area contributed by atoms with Crippen LogP contribution in [0.15, 0.2) is 47.3 Å².